The van der Waals surface area contributed by atoms with Gasteiger partial charge in [0.05, 0.1) is 36.4 Å². The number of nitrogens with zero attached hydrogens (tertiary/aromatic N) is 4. The fourth-order valence-electron chi connectivity index (χ4n) is 9.09. The minimum atomic E-state index is -0.777. The molecule has 0 N–H and O–H groups in total. The third-order valence-electron chi connectivity index (χ3n) is 11.0. The van der Waals surface area contributed by atoms with E-state index in [1.165, 1.54) is 25.9 Å². The molecule has 2 bridgehead atoms. The van der Waals surface area contributed by atoms with Crippen LogP contribution >= 0.6 is 0 Å². The maximum absolute atomic E-state index is 13.9. The van der Waals surface area contributed by atoms with Gasteiger partial charge < -0.3 is 23.7 Å². The van der Waals surface area contributed by atoms with Crippen LogP contribution in [-0.4, -0.2) is 84.1 Å². The van der Waals surface area contributed by atoms with Crippen LogP contribution in [0.2, 0.25) is 0 Å². The summed E-state index contributed by atoms with van der Waals surface area (Å²) < 4.78 is 29.7. The van der Waals surface area contributed by atoms with Crippen molar-refractivity contribution in [3.63, 3.8) is 0 Å². The van der Waals surface area contributed by atoms with E-state index in [-0.39, 0.29) is 25.8 Å². The van der Waals surface area contributed by atoms with Crippen molar-refractivity contribution >= 4 is 23.8 Å². The lowest BCUT2D eigenvalue weighted by molar-refractivity contribution is -0.133. The SMILES string of the molecule is COc1c(C)cc2c(c1OC(C)=O)[C@H]1[C@@H]3Cc4c(OC(C)=O)c(C)c5c(c4[C@H](CN4C(=O)c6ccccc6C4=O)N3[C@@H](C#N)[C@H](C2)N1C)OCO5. The number of likely N-dealkylation sites (N-methyl/N-ethyl adjacent to an activating group) is 1. The maximum Gasteiger partial charge on any atom is 0.308 e. The summed E-state index contributed by atoms with van der Waals surface area (Å²) in [6.45, 7) is 6.15. The topological polar surface area (TPSA) is 148 Å². The molecular weight excluding hydrogens is 656 g/mol. The normalized spacial score (nSPS) is 24.3. The van der Waals surface area contributed by atoms with Crippen LogP contribution in [0.5, 0.6) is 28.7 Å². The van der Waals surface area contributed by atoms with E-state index in [0.717, 1.165) is 16.7 Å². The van der Waals surface area contributed by atoms with Crippen LogP contribution in [0.15, 0.2) is 30.3 Å². The van der Waals surface area contributed by atoms with Crippen LogP contribution in [0, 0.1) is 25.2 Å². The number of fused-ring (bicyclic) bond motifs is 10. The van der Waals surface area contributed by atoms with Crippen molar-refractivity contribution < 1.29 is 42.9 Å². The molecule has 5 atom stereocenters. The molecule has 0 spiro atoms. The van der Waals surface area contributed by atoms with Crippen molar-refractivity contribution in [2.24, 2.45) is 0 Å². The minimum absolute atomic E-state index is 0.0801. The molecule has 5 aliphatic heterocycles. The summed E-state index contributed by atoms with van der Waals surface area (Å²) in [7, 11) is 3.48. The monoisotopic (exact) mass is 692 g/mol. The van der Waals surface area contributed by atoms with Gasteiger partial charge in [-0.1, -0.05) is 18.2 Å². The van der Waals surface area contributed by atoms with Crippen molar-refractivity contribution in [1.29, 1.82) is 5.26 Å². The zero-order valence-electron chi connectivity index (χ0n) is 29.1. The molecule has 5 aliphatic rings. The molecule has 2 amide bonds. The van der Waals surface area contributed by atoms with E-state index in [2.05, 4.69) is 15.9 Å². The smallest absolute Gasteiger partial charge is 0.308 e. The van der Waals surface area contributed by atoms with Gasteiger partial charge in [-0.3, -0.25) is 33.9 Å². The first kappa shape index (κ1) is 32.7. The number of amides is 2. The molecule has 13 nitrogen and oxygen atoms in total. The molecule has 1 saturated heterocycles. The Bertz CT molecular complexity index is 2090. The number of imide groups is 1. The van der Waals surface area contributed by atoms with E-state index >= 15 is 0 Å². The van der Waals surface area contributed by atoms with Crippen molar-refractivity contribution in [2.75, 3.05) is 27.5 Å². The van der Waals surface area contributed by atoms with Crippen molar-refractivity contribution in [3.05, 3.63) is 74.8 Å². The van der Waals surface area contributed by atoms with Gasteiger partial charge in [-0.15, -0.1) is 0 Å². The van der Waals surface area contributed by atoms with Crippen LogP contribution in [0.1, 0.15) is 80.0 Å². The number of carbonyl (C=O) groups excluding carboxylic acids is 4. The summed E-state index contributed by atoms with van der Waals surface area (Å²) in [5.41, 5.74) is 4.91. The molecule has 5 heterocycles. The molecule has 3 aromatic rings. The molecule has 0 aromatic heterocycles. The molecule has 0 unspecified atom stereocenters. The second-order valence-electron chi connectivity index (χ2n) is 13.7. The van der Waals surface area contributed by atoms with Gasteiger partial charge in [-0.25, -0.2) is 0 Å². The number of carbonyl (C=O) groups is 4. The van der Waals surface area contributed by atoms with Gasteiger partial charge in [0.25, 0.3) is 11.8 Å². The van der Waals surface area contributed by atoms with Gasteiger partial charge >= 0.3 is 11.9 Å². The zero-order chi connectivity index (χ0) is 36.0. The van der Waals surface area contributed by atoms with E-state index in [1.54, 1.807) is 31.2 Å². The Morgan fingerprint density at radius 3 is 2.20 bits per heavy atom. The van der Waals surface area contributed by atoms with Gasteiger partial charge in [0.2, 0.25) is 6.79 Å². The zero-order valence-corrected chi connectivity index (χ0v) is 29.1. The lowest BCUT2D eigenvalue weighted by Crippen LogP contribution is -2.69. The summed E-state index contributed by atoms with van der Waals surface area (Å²) in [4.78, 5) is 58.5. The first-order valence-corrected chi connectivity index (χ1v) is 16.8. The number of ether oxygens (including phenoxy) is 5. The standard InChI is InChI=1S/C38H36N4O9/c1-17-11-21-12-25-27(14-39)42-26(31(40(25)5)29(21)36(32(17)47-6)51-20(4)44)13-24-30(35-34(48-16-49-35)18(2)33(24)50-19(3)43)28(42)15-41-37(45)22-9-7-8-10-23(22)38(41)46/h7-11,25-28,31H,12-13,15-16H2,1-6H3/t25-,26-,27-,28-,31+/m0/s1. The van der Waals surface area contributed by atoms with Crippen molar-refractivity contribution in [3.8, 4) is 34.8 Å². The average Bonchev–Trinajstić information content (AvgIpc) is 3.67. The Labute approximate surface area is 294 Å². The molecule has 8 rings (SSSR count). The Morgan fingerprint density at radius 2 is 1.57 bits per heavy atom. The first-order chi connectivity index (χ1) is 24.5. The number of esters is 2. The highest BCUT2D eigenvalue weighted by Gasteiger charge is 2.58. The van der Waals surface area contributed by atoms with Gasteiger partial charge in [0, 0.05) is 54.7 Å². The highest BCUT2D eigenvalue weighted by atomic mass is 16.7. The lowest BCUT2D eigenvalue weighted by Gasteiger charge is -2.60. The second kappa shape index (κ2) is 11.8. The van der Waals surface area contributed by atoms with Crippen LogP contribution in [0.4, 0.5) is 0 Å². The highest BCUT2D eigenvalue weighted by molar-refractivity contribution is 6.21. The molecule has 1 fully saturated rings. The number of rotatable bonds is 5. The Hall–Kier alpha value is -5.45. The van der Waals surface area contributed by atoms with Crippen LogP contribution in [0.25, 0.3) is 0 Å². The predicted octanol–water partition coefficient (Wildman–Crippen LogP) is 3.96. The number of benzene rings is 3. The molecule has 262 valence electrons. The van der Waals surface area contributed by atoms with E-state index in [0.29, 0.717) is 63.0 Å². The first-order valence-electron chi connectivity index (χ1n) is 16.8. The molecule has 13 heteroatoms. The predicted molar refractivity (Wildman–Crippen MR) is 179 cm³/mol. The third kappa shape index (κ3) is 4.66. The number of aryl methyl sites for hydroxylation is 1. The average molecular weight is 693 g/mol. The minimum Gasteiger partial charge on any atom is -0.493 e. The number of hydrogen-bond donors (Lipinski definition) is 0. The van der Waals surface area contributed by atoms with E-state index in [1.807, 2.05) is 20.0 Å². The quantitative estimate of drug-likeness (QED) is 0.217. The van der Waals surface area contributed by atoms with E-state index in [4.69, 9.17) is 23.7 Å². The van der Waals surface area contributed by atoms with Gasteiger partial charge in [0.1, 0.15) is 11.8 Å². The molecule has 51 heavy (non-hydrogen) atoms. The molecule has 0 saturated carbocycles. The largest absolute Gasteiger partial charge is 0.493 e. The summed E-state index contributed by atoms with van der Waals surface area (Å²) in [6, 6.07) is 8.53. The number of nitriles is 1. The molecule has 0 radical (unpaired) electrons. The maximum atomic E-state index is 13.9. The summed E-state index contributed by atoms with van der Waals surface area (Å²) in [5, 5.41) is 11.0. The van der Waals surface area contributed by atoms with Gasteiger partial charge in [-0.2, -0.15) is 5.26 Å². The number of methoxy groups -OCH3 is 1. The fourth-order valence-corrected chi connectivity index (χ4v) is 9.09. The van der Waals surface area contributed by atoms with Crippen LogP contribution in [-0.2, 0) is 22.4 Å². The van der Waals surface area contributed by atoms with E-state index < -0.39 is 47.9 Å². The van der Waals surface area contributed by atoms with Gasteiger partial charge in [-0.05, 0) is 57.0 Å². The molecular formula is C38H36N4O9. The third-order valence-corrected chi connectivity index (χ3v) is 11.0. The lowest BCUT2D eigenvalue weighted by atomic mass is 9.71. The molecule has 0 aliphatic carbocycles. The second-order valence-corrected chi connectivity index (χ2v) is 13.7. The number of piperazine rings is 1. The Kier molecular flexibility index (Phi) is 7.59. The Morgan fingerprint density at radius 1 is 0.922 bits per heavy atom. The van der Waals surface area contributed by atoms with E-state index in [9.17, 15) is 24.4 Å². The summed E-state index contributed by atoms with van der Waals surface area (Å²) in [6.07, 6.45) is 0.739. The Balaban J connectivity index is 1.39. The van der Waals surface area contributed by atoms with Crippen LogP contribution in [0.3, 0.4) is 0 Å². The van der Waals surface area contributed by atoms with Gasteiger partial charge in [0.15, 0.2) is 23.0 Å². The summed E-state index contributed by atoms with van der Waals surface area (Å²) >= 11 is 0. The summed E-state index contributed by atoms with van der Waals surface area (Å²) in [5.74, 6) is -0.0275. The molecule has 3 aromatic carbocycles. The van der Waals surface area contributed by atoms with Crippen molar-refractivity contribution in [1.82, 2.24) is 14.7 Å². The fraction of sp³-hybridized carbons (Fsp3) is 0.395. The van der Waals surface area contributed by atoms with Crippen molar-refractivity contribution in [2.45, 2.75) is 70.7 Å². The van der Waals surface area contributed by atoms with Crippen LogP contribution < -0.4 is 23.7 Å². The number of hydrogen-bond acceptors (Lipinski definition) is 12. The highest BCUT2D eigenvalue weighted by Crippen LogP contribution is 2.59.